The topological polar surface area (TPSA) is 32.3 Å². The zero-order chi connectivity index (χ0) is 12.6. The van der Waals surface area contributed by atoms with Crippen LogP contribution in [0.25, 0.3) is 0 Å². The third kappa shape index (κ3) is 2.37. The van der Waals surface area contributed by atoms with Crippen LogP contribution in [0, 0.1) is 23.7 Å². The van der Waals surface area contributed by atoms with Gasteiger partial charge in [-0.3, -0.25) is 0 Å². The van der Waals surface area contributed by atoms with Crippen LogP contribution in [0.1, 0.15) is 45.4 Å². The van der Waals surface area contributed by atoms with Gasteiger partial charge in [0.15, 0.2) is 0 Å². The van der Waals surface area contributed by atoms with Gasteiger partial charge in [0, 0.05) is 5.54 Å². The first kappa shape index (κ1) is 12.7. The molecular weight excluding hydrogens is 222 g/mol. The quantitative estimate of drug-likeness (QED) is 0.751. The molecule has 2 fully saturated rings. The lowest BCUT2D eigenvalue weighted by Crippen LogP contribution is -2.52. The van der Waals surface area contributed by atoms with Gasteiger partial charge in [0.2, 0.25) is 0 Å². The minimum atomic E-state index is 0.0397. The summed E-state index contributed by atoms with van der Waals surface area (Å²) >= 11 is 0. The number of hydrogen-bond donors (Lipinski definition) is 2. The summed E-state index contributed by atoms with van der Waals surface area (Å²) in [6.07, 6.45) is 12.4. The number of rotatable bonds is 4. The molecule has 2 heteroatoms. The second-order valence-electron chi connectivity index (χ2n) is 7.04. The van der Waals surface area contributed by atoms with Gasteiger partial charge in [-0.25, -0.2) is 0 Å². The second kappa shape index (κ2) is 4.97. The molecule has 0 heterocycles. The van der Waals surface area contributed by atoms with Crippen LogP contribution in [0.15, 0.2) is 12.2 Å². The van der Waals surface area contributed by atoms with Gasteiger partial charge in [0.25, 0.3) is 0 Å². The second-order valence-corrected chi connectivity index (χ2v) is 7.04. The van der Waals surface area contributed by atoms with E-state index in [1.54, 1.807) is 0 Å². The Morgan fingerprint density at radius 1 is 1.22 bits per heavy atom. The highest BCUT2D eigenvalue weighted by Gasteiger charge is 2.38. The summed E-state index contributed by atoms with van der Waals surface area (Å²) in [5.41, 5.74) is 0.0397. The lowest BCUT2D eigenvalue weighted by molar-refractivity contribution is 0.0998. The lowest BCUT2D eigenvalue weighted by Gasteiger charge is -2.40. The number of aliphatic hydroxyl groups excluding tert-OH is 1. The van der Waals surface area contributed by atoms with Gasteiger partial charge in [0.05, 0.1) is 6.61 Å². The van der Waals surface area contributed by atoms with E-state index in [9.17, 15) is 5.11 Å². The molecule has 3 aliphatic rings. The Morgan fingerprint density at radius 3 is 2.56 bits per heavy atom. The Hall–Kier alpha value is -0.340. The predicted octanol–water partition coefficient (Wildman–Crippen LogP) is 2.73. The molecule has 3 atom stereocenters. The smallest absolute Gasteiger partial charge is 0.0613 e. The van der Waals surface area contributed by atoms with Gasteiger partial charge < -0.3 is 10.4 Å². The van der Waals surface area contributed by atoms with E-state index in [1.165, 1.54) is 25.7 Å². The zero-order valence-electron chi connectivity index (χ0n) is 11.6. The molecule has 3 unspecified atom stereocenters. The molecule has 2 bridgehead atoms. The van der Waals surface area contributed by atoms with E-state index in [-0.39, 0.29) is 5.54 Å². The first-order valence-corrected chi connectivity index (χ1v) is 7.75. The van der Waals surface area contributed by atoms with Crippen LogP contribution in [0.4, 0.5) is 0 Å². The van der Waals surface area contributed by atoms with E-state index in [2.05, 4.69) is 24.4 Å². The highest BCUT2D eigenvalue weighted by Crippen LogP contribution is 2.43. The number of hydrogen-bond acceptors (Lipinski definition) is 2. The molecule has 0 amide bonds. The largest absolute Gasteiger partial charge is 0.394 e. The molecule has 0 saturated heterocycles. The van der Waals surface area contributed by atoms with Crippen molar-refractivity contribution in [1.82, 2.24) is 5.32 Å². The predicted molar refractivity (Wildman–Crippen MR) is 74.3 cm³/mol. The zero-order valence-corrected chi connectivity index (χ0v) is 11.6. The molecule has 0 aromatic heterocycles. The first-order valence-electron chi connectivity index (χ1n) is 7.75. The summed E-state index contributed by atoms with van der Waals surface area (Å²) < 4.78 is 0. The van der Waals surface area contributed by atoms with Gasteiger partial charge in [-0.1, -0.05) is 19.1 Å². The van der Waals surface area contributed by atoms with Crippen LogP contribution in [-0.2, 0) is 0 Å². The Labute approximate surface area is 111 Å². The van der Waals surface area contributed by atoms with Gasteiger partial charge in [0.1, 0.15) is 0 Å². The maximum atomic E-state index is 9.76. The van der Waals surface area contributed by atoms with Crippen molar-refractivity contribution >= 4 is 0 Å². The van der Waals surface area contributed by atoms with Crippen LogP contribution in [-0.4, -0.2) is 23.8 Å². The monoisotopic (exact) mass is 249 g/mol. The van der Waals surface area contributed by atoms with Gasteiger partial charge in [-0.2, -0.15) is 0 Å². The van der Waals surface area contributed by atoms with Crippen molar-refractivity contribution < 1.29 is 5.11 Å². The average molecular weight is 249 g/mol. The van der Waals surface area contributed by atoms with Gasteiger partial charge in [-0.15, -0.1) is 0 Å². The van der Waals surface area contributed by atoms with E-state index in [0.717, 1.165) is 43.1 Å². The number of nitrogens with one attached hydrogen (secondary N) is 1. The summed E-state index contributed by atoms with van der Waals surface area (Å²) in [6, 6.07) is 0. The molecule has 2 nitrogen and oxygen atoms in total. The molecule has 0 aliphatic heterocycles. The summed E-state index contributed by atoms with van der Waals surface area (Å²) in [4.78, 5) is 0. The maximum Gasteiger partial charge on any atom is 0.0613 e. The summed E-state index contributed by atoms with van der Waals surface area (Å²) in [5, 5.41) is 13.5. The fraction of sp³-hybridized carbons (Fsp3) is 0.875. The number of fused-ring (bicyclic) bond motifs is 2. The highest BCUT2D eigenvalue weighted by molar-refractivity contribution is 5.10. The Kier molecular flexibility index (Phi) is 3.50. The van der Waals surface area contributed by atoms with Crippen LogP contribution >= 0.6 is 0 Å². The lowest BCUT2D eigenvalue weighted by atomic mass is 9.77. The molecule has 18 heavy (non-hydrogen) atoms. The number of allylic oxidation sites excluding steroid dienone is 2. The third-order valence-corrected chi connectivity index (χ3v) is 5.69. The van der Waals surface area contributed by atoms with Crippen LogP contribution in [0.2, 0.25) is 0 Å². The summed E-state index contributed by atoms with van der Waals surface area (Å²) in [7, 11) is 0. The molecule has 3 aliphatic carbocycles. The summed E-state index contributed by atoms with van der Waals surface area (Å²) in [6.45, 7) is 3.76. The highest BCUT2D eigenvalue weighted by atomic mass is 16.3. The molecule has 0 radical (unpaired) electrons. The molecule has 0 spiro atoms. The van der Waals surface area contributed by atoms with Gasteiger partial charge in [-0.05, 0) is 68.7 Å². The van der Waals surface area contributed by atoms with Crippen molar-refractivity contribution in [2.45, 2.75) is 51.0 Å². The summed E-state index contributed by atoms with van der Waals surface area (Å²) in [5.74, 6) is 3.35. The third-order valence-electron chi connectivity index (χ3n) is 5.69. The minimum Gasteiger partial charge on any atom is -0.394 e. The molecule has 3 rings (SSSR count). The van der Waals surface area contributed by atoms with Crippen molar-refractivity contribution in [3.8, 4) is 0 Å². The fourth-order valence-electron chi connectivity index (χ4n) is 4.18. The molecular formula is C16H27NO. The minimum absolute atomic E-state index is 0.0397. The Bertz CT molecular complexity index is 317. The molecule has 0 aromatic rings. The Balaban J connectivity index is 1.53. The van der Waals surface area contributed by atoms with E-state index in [1.807, 2.05) is 0 Å². The molecule has 2 saturated carbocycles. The van der Waals surface area contributed by atoms with Crippen molar-refractivity contribution in [2.75, 3.05) is 13.2 Å². The average Bonchev–Trinajstić information content (AvgIpc) is 3.01. The molecule has 2 N–H and O–H groups in total. The van der Waals surface area contributed by atoms with Crippen LogP contribution in [0.5, 0.6) is 0 Å². The van der Waals surface area contributed by atoms with E-state index >= 15 is 0 Å². The number of aliphatic hydroxyl groups is 1. The van der Waals surface area contributed by atoms with Crippen LogP contribution < -0.4 is 5.32 Å². The molecule has 102 valence electrons. The molecule has 0 aromatic carbocycles. The van der Waals surface area contributed by atoms with Crippen molar-refractivity contribution in [3.63, 3.8) is 0 Å². The Morgan fingerprint density at radius 2 is 2.00 bits per heavy atom. The van der Waals surface area contributed by atoms with Crippen molar-refractivity contribution in [3.05, 3.63) is 12.2 Å². The van der Waals surface area contributed by atoms with E-state index < -0.39 is 0 Å². The standard InChI is InChI=1S/C16H27NO/c1-12-4-6-16(11-18,7-5-12)17-10-15-9-13-2-3-14(15)8-13/h2-3,12-15,17-18H,4-11H2,1H3. The van der Waals surface area contributed by atoms with Crippen LogP contribution in [0.3, 0.4) is 0 Å². The maximum absolute atomic E-state index is 9.76. The SMILES string of the molecule is CC1CCC(CO)(NCC2CC3C=CC2C3)CC1. The van der Waals surface area contributed by atoms with E-state index in [4.69, 9.17) is 0 Å². The normalized spacial score (nSPS) is 46.8. The van der Waals surface area contributed by atoms with E-state index in [0.29, 0.717) is 6.61 Å². The first-order chi connectivity index (χ1) is 8.71. The van der Waals surface area contributed by atoms with Gasteiger partial charge >= 0.3 is 0 Å². The van der Waals surface area contributed by atoms with Crippen molar-refractivity contribution in [2.24, 2.45) is 23.7 Å². The van der Waals surface area contributed by atoms with Crippen molar-refractivity contribution in [1.29, 1.82) is 0 Å². The fourth-order valence-corrected chi connectivity index (χ4v) is 4.18.